The molecule has 0 aromatic heterocycles. The van der Waals surface area contributed by atoms with E-state index >= 15 is 0 Å². The van der Waals surface area contributed by atoms with Crippen LogP contribution in [0.25, 0.3) is 0 Å². The van der Waals surface area contributed by atoms with Crippen LogP contribution < -0.4 is 4.74 Å². The largest absolute Gasteiger partial charge is 0.488 e. The van der Waals surface area contributed by atoms with Crippen LogP contribution in [0, 0.1) is 0 Å². The molecule has 0 amide bonds. The van der Waals surface area contributed by atoms with Gasteiger partial charge in [0, 0.05) is 0 Å². The van der Waals surface area contributed by atoms with Gasteiger partial charge < -0.3 is 9.94 Å². The van der Waals surface area contributed by atoms with E-state index in [0.29, 0.717) is 22.4 Å². The number of benzene rings is 2. The van der Waals surface area contributed by atoms with Gasteiger partial charge in [0.25, 0.3) is 0 Å². The fraction of sp³-hybridized carbons (Fsp3) is 0.0714. The molecular formula is C14H10BrCl2NO2. The fourth-order valence-corrected chi connectivity index (χ4v) is 2.40. The van der Waals surface area contributed by atoms with Crippen molar-refractivity contribution < 1.29 is 9.94 Å². The third-order valence-corrected chi connectivity index (χ3v) is 3.90. The minimum absolute atomic E-state index is 0.378. The second-order valence-electron chi connectivity index (χ2n) is 3.97. The molecule has 0 bridgehead atoms. The highest BCUT2D eigenvalue weighted by Crippen LogP contribution is 2.27. The van der Waals surface area contributed by atoms with E-state index in [1.165, 1.54) is 6.21 Å². The molecule has 3 nitrogen and oxygen atoms in total. The van der Waals surface area contributed by atoms with Gasteiger partial charge in [0.2, 0.25) is 0 Å². The van der Waals surface area contributed by atoms with Gasteiger partial charge in [0.05, 0.1) is 20.7 Å². The van der Waals surface area contributed by atoms with Gasteiger partial charge in [-0.3, -0.25) is 0 Å². The van der Waals surface area contributed by atoms with Crippen LogP contribution in [0.3, 0.4) is 0 Å². The minimum Gasteiger partial charge on any atom is -0.488 e. The van der Waals surface area contributed by atoms with Crippen LogP contribution in [0.2, 0.25) is 10.0 Å². The lowest BCUT2D eigenvalue weighted by molar-refractivity contribution is 0.304. The van der Waals surface area contributed by atoms with E-state index < -0.39 is 0 Å². The number of halogens is 3. The third-order valence-electron chi connectivity index (χ3n) is 2.54. The highest BCUT2D eigenvalue weighted by Gasteiger charge is 2.04. The van der Waals surface area contributed by atoms with Gasteiger partial charge in [-0.15, -0.1) is 0 Å². The average molecular weight is 375 g/mol. The molecule has 0 heterocycles. The van der Waals surface area contributed by atoms with Gasteiger partial charge >= 0.3 is 0 Å². The highest BCUT2D eigenvalue weighted by molar-refractivity contribution is 9.10. The molecule has 0 saturated heterocycles. The van der Waals surface area contributed by atoms with E-state index in [1.54, 1.807) is 30.3 Å². The summed E-state index contributed by atoms with van der Waals surface area (Å²) in [6.07, 6.45) is 1.34. The zero-order chi connectivity index (χ0) is 14.5. The Hall–Kier alpha value is -1.23. The predicted molar refractivity (Wildman–Crippen MR) is 84.3 cm³/mol. The van der Waals surface area contributed by atoms with Gasteiger partial charge in [-0.05, 0) is 57.4 Å². The van der Waals surface area contributed by atoms with E-state index in [4.69, 9.17) is 33.1 Å². The molecule has 0 aliphatic carbocycles. The maximum atomic E-state index is 8.48. The van der Waals surface area contributed by atoms with Crippen molar-refractivity contribution in [2.45, 2.75) is 6.61 Å². The molecular weight excluding hydrogens is 365 g/mol. The lowest BCUT2D eigenvalue weighted by atomic mass is 10.2. The molecule has 104 valence electrons. The van der Waals surface area contributed by atoms with Crippen molar-refractivity contribution in [2.75, 3.05) is 0 Å². The van der Waals surface area contributed by atoms with E-state index in [-0.39, 0.29) is 0 Å². The molecule has 0 fully saturated rings. The van der Waals surface area contributed by atoms with Crippen LogP contribution in [0.5, 0.6) is 5.75 Å². The molecule has 20 heavy (non-hydrogen) atoms. The first-order valence-corrected chi connectivity index (χ1v) is 7.19. The summed E-state index contributed by atoms with van der Waals surface area (Å²) in [5, 5.41) is 12.5. The summed E-state index contributed by atoms with van der Waals surface area (Å²) < 4.78 is 6.47. The number of hydrogen-bond acceptors (Lipinski definition) is 3. The molecule has 0 aliphatic rings. The smallest absolute Gasteiger partial charge is 0.134 e. The lowest BCUT2D eigenvalue weighted by Gasteiger charge is -2.09. The first-order chi connectivity index (χ1) is 9.60. The monoisotopic (exact) mass is 373 g/mol. The van der Waals surface area contributed by atoms with E-state index in [2.05, 4.69) is 21.1 Å². The maximum Gasteiger partial charge on any atom is 0.134 e. The molecule has 2 rings (SSSR count). The number of ether oxygens (including phenoxy) is 1. The topological polar surface area (TPSA) is 41.8 Å². The van der Waals surface area contributed by atoms with Gasteiger partial charge in [-0.2, -0.15) is 0 Å². The Morgan fingerprint density at radius 2 is 1.95 bits per heavy atom. The van der Waals surface area contributed by atoms with Crippen LogP contribution in [-0.4, -0.2) is 11.4 Å². The molecule has 0 unspecified atom stereocenters. The molecule has 1 N–H and O–H groups in total. The SMILES string of the molecule is ON=Cc1ccc(OCc2ccc(Cl)c(Cl)c2)c(Br)c1. The van der Waals surface area contributed by atoms with Crippen molar-refractivity contribution in [3.8, 4) is 5.75 Å². The second kappa shape index (κ2) is 6.97. The Morgan fingerprint density at radius 3 is 2.60 bits per heavy atom. The van der Waals surface area contributed by atoms with Crippen LogP contribution in [0.1, 0.15) is 11.1 Å². The summed E-state index contributed by atoms with van der Waals surface area (Å²) in [4.78, 5) is 0. The van der Waals surface area contributed by atoms with Crippen LogP contribution in [-0.2, 0) is 6.61 Å². The van der Waals surface area contributed by atoms with Gasteiger partial charge in [0.1, 0.15) is 12.4 Å². The standard InChI is InChI=1S/C14H10BrCl2NO2/c15-11-5-9(7-18-19)2-4-14(11)20-8-10-1-3-12(16)13(17)6-10/h1-7,19H,8H2. The summed E-state index contributed by atoms with van der Waals surface area (Å²) >= 11 is 15.2. The predicted octanol–water partition coefficient (Wildman–Crippen LogP) is 5.14. The maximum absolute atomic E-state index is 8.48. The van der Waals surface area contributed by atoms with Crippen molar-refractivity contribution in [3.05, 3.63) is 62.0 Å². The van der Waals surface area contributed by atoms with Crippen LogP contribution in [0.4, 0.5) is 0 Å². The number of hydrogen-bond donors (Lipinski definition) is 1. The average Bonchev–Trinajstić information content (AvgIpc) is 2.42. The normalized spacial score (nSPS) is 10.9. The van der Waals surface area contributed by atoms with Gasteiger partial charge in [0.15, 0.2) is 0 Å². The number of oxime groups is 1. The number of rotatable bonds is 4. The summed E-state index contributed by atoms with van der Waals surface area (Å²) in [5.41, 5.74) is 1.69. The molecule has 2 aromatic rings. The lowest BCUT2D eigenvalue weighted by Crippen LogP contribution is -1.96. The Kier molecular flexibility index (Phi) is 5.29. The van der Waals surface area contributed by atoms with E-state index in [9.17, 15) is 0 Å². The Morgan fingerprint density at radius 1 is 1.15 bits per heavy atom. The van der Waals surface area contributed by atoms with Crippen molar-refractivity contribution in [1.29, 1.82) is 0 Å². The summed E-state index contributed by atoms with van der Waals surface area (Å²) in [5.74, 6) is 0.686. The zero-order valence-electron chi connectivity index (χ0n) is 10.2. The molecule has 6 heteroatoms. The molecule has 0 radical (unpaired) electrons. The van der Waals surface area contributed by atoms with Gasteiger partial charge in [-0.25, -0.2) is 0 Å². The van der Waals surface area contributed by atoms with Crippen molar-refractivity contribution in [1.82, 2.24) is 0 Å². The van der Waals surface area contributed by atoms with Gasteiger partial charge in [-0.1, -0.05) is 34.4 Å². The first kappa shape index (κ1) is 15.2. The molecule has 2 aromatic carbocycles. The minimum atomic E-state index is 0.378. The van der Waals surface area contributed by atoms with Crippen LogP contribution in [0.15, 0.2) is 46.0 Å². The van der Waals surface area contributed by atoms with Crippen LogP contribution >= 0.6 is 39.1 Å². The van der Waals surface area contributed by atoms with Crippen molar-refractivity contribution in [2.24, 2.45) is 5.16 Å². The quantitative estimate of drug-likeness (QED) is 0.457. The first-order valence-electron chi connectivity index (χ1n) is 5.64. The summed E-state index contributed by atoms with van der Waals surface area (Å²) in [6, 6.07) is 10.7. The van der Waals surface area contributed by atoms with E-state index in [1.807, 2.05) is 6.07 Å². The summed E-state index contributed by atoms with van der Waals surface area (Å²) in [7, 11) is 0. The van der Waals surface area contributed by atoms with E-state index in [0.717, 1.165) is 15.6 Å². The molecule has 0 spiro atoms. The number of nitrogens with zero attached hydrogens (tertiary/aromatic N) is 1. The molecule has 0 aliphatic heterocycles. The summed E-state index contributed by atoms with van der Waals surface area (Å²) in [6.45, 7) is 0.378. The third kappa shape index (κ3) is 3.88. The fourth-order valence-electron chi connectivity index (χ4n) is 1.57. The zero-order valence-corrected chi connectivity index (χ0v) is 13.3. The Labute approximate surface area is 134 Å². The molecule has 0 atom stereocenters. The Bertz CT molecular complexity index is 647. The molecule has 0 saturated carbocycles. The van der Waals surface area contributed by atoms with Crippen molar-refractivity contribution >= 4 is 45.3 Å². The van der Waals surface area contributed by atoms with Crippen molar-refractivity contribution in [3.63, 3.8) is 0 Å². The second-order valence-corrected chi connectivity index (χ2v) is 5.64. The Balaban J connectivity index is 2.08. The highest BCUT2D eigenvalue weighted by atomic mass is 79.9.